The normalized spacial score (nSPS) is 11.9. The van der Waals surface area contributed by atoms with Crippen LogP contribution in [0.4, 0.5) is 0 Å². The molecule has 0 aliphatic rings. The molecule has 0 aliphatic heterocycles. The van der Waals surface area contributed by atoms with Gasteiger partial charge in [-0.15, -0.1) is 0 Å². The predicted octanol–water partition coefficient (Wildman–Crippen LogP) is 3.81. The van der Waals surface area contributed by atoms with Crippen LogP contribution >= 0.6 is 0 Å². The summed E-state index contributed by atoms with van der Waals surface area (Å²) in [6.45, 7) is 4.09. The minimum absolute atomic E-state index is 0.0896. The number of nitrogens with one attached hydrogen (secondary N) is 1. The average molecular weight is 267 g/mol. The molecular weight excluding hydrogens is 246 g/mol. The van der Waals surface area contributed by atoms with Gasteiger partial charge in [0, 0.05) is 6.04 Å². The summed E-state index contributed by atoms with van der Waals surface area (Å²) >= 11 is 0. The maximum absolute atomic E-state index is 11.8. The molecular formula is C18H21NO. The van der Waals surface area contributed by atoms with Crippen LogP contribution in [-0.4, -0.2) is 11.9 Å². The Hall–Kier alpha value is -2.09. The molecule has 0 aliphatic carbocycles. The zero-order chi connectivity index (χ0) is 14.4. The van der Waals surface area contributed by atoms with E-state index in [1.165, 1.54) is 11.1 Å². The van der Waals surface area contributed by atoms with Gasteiger partial charge >= 0.3 is 0 Å². The molecule has 0 radical (unpaired) electrons. The van der Waals surface area contributed by atoms with E-state index in [2.05, 4.69) is 36.5 Å². The highest BCUT2D eigenvalue weighted by molar-refractivity contribution is 5.79. The summed E-state index contributed by atoms with van der Waals surface area (Å²) in [5.74, 6) is 0.0896. The molecule has 104 valence electrons. The molecule has 2 aromatic carbocycles. The van der Waals surface area contributed by atoms with Gasteiger partial charge in [-0.25, -0.2) is 0 Å². The van der Waals surface area contributed by atoms with Crippen molar-refractivity contribution in [2.45, 2.75) is 32.7 Å². The van der Waals surface area contributed by atoms with E-state index in [9.17, 15) is 4.79 Å². The summed E-state index contributed by atoms with van der Waals surface area (Å²) in [6, 6.07) is 18.7. The predicted molar refractivity (Wildman–Crippen MR) is 83.5 cm³/mol. The van der Waals surface area contributed by atoms with E-state index in [0.717, 1.165) is 12.0 Å². The quantitative estimate of drug-likeness (QED) is 0.877. The van der Waals surface area contributed by atoms with E-state index in [-0.39, 0.29) is 11.9 Å². The van der Waals surface area contributed by atoms with E-state index in [4.69, 9.17) is 0 Å². The van der Waals surface area contributed by atoms with Crippen LogP contribution in [0, 0.1) is 0 Å². The fourth-order valence-electron chi connectivity index (χ4n) is 2.06. The highest BCUT2D eigenvalue weighted by atomic mass is 16.1. The molecule has 0 unspecified atom stereocenters. The molecule has 1 atom stereocenters. The van der Waals surface area contributed by atoms with Gasteiger partial charge in [-0.1, -0.05) is 61.5 Å². The number of benzene rings is 2. The van der Waals surface area contributed by atoms with Crippen molar-refractivity contribution >= 4 is 5.91 Å². The highest BCUT2D eigenvalue weighted by Crippen LogP contribution is 2.19. The summed E-state index contributed by atoms with van der Waals surface area (Å²) in [5, 5.41) is 2.99. The van der Waals surface area contributed by atoms with E-state index >= 15 is 0 Å². The lowest BCUT2D eigenvalue weighted by atomic mass is 10.0. The Kier molecular flexibility index (Phi) is 4.94. The first-order valence-corrected chi connectivity index (χ1v) is 7.12. The second-order valence-electron chi connectivity index (χ2n) is 5.12. The van der Waals surface area contributed by atoms with E-state index in [0.29, 0.717) is 6.42 Å². The summed E-state index contributed by atoms with van der Waals surface area (Å²) < 4.78 is 0. The van der Waals surface area contributed by atoms with Gasteiger partial charge in [0.1, 0.15) is 0 Å². The molecule has 2 rings (SSSR count). The van der Waals surface area contributed by atoms with Crippen molar-refractivity contribution in [2.75, 3.05) is 0 Å². The summed E-state index contributed by atoms with van der Waals surface area (Å²) in [7, 11) is 0. The molecule has 0 spiro atoms. The Morgan fingerprint density at radius 3 is 2.20 bits per heavy atom. The Balaban J connectivity index is 2.00. The van der Waals surface area contributed by atoms with Crippen molar-refractivity contribution in [3.05, 3.63) is 60.2 Å². The van der Waals surface area contributed by atoms with Gasteiger partial charge in [0.2, 0.25) is 5.91 Å². The van der Waals surface area contributed by atoms with Crippen LogP contribution < -0.4 is 5.32 Å². The molecule has 2 nitrogen and oxygen atoms in total. The third-order valence-electron chi connectivity index (χ3n) is 3.45. The summed E-state index contributed by atoms with van der Waals surface area (Å²) in [6.07, 6.45) is 1.40. The molecule has 0 saturated carbocycles. The maximum atomic E-state index is 11.8. The minimum Gasteiger partial charge on any atom is -0.353 e. The number of hydrogen-bond acceptors (Lipinski definition) is 1. The largest absolute Gasteiger partial charge is 0.353 e. The first-order chi connectivity index (χ1) is 9.69. The van der Waals surface area contributed by atoms with Gasteiger partial charge in [-0.2, -0.15) is 0 Å². The van der Waals surface area contributed by atoms with Gasteiger partial charge in [0.15, 0.2) is 0 Å². The third kappa shape index (κ3) is 3.95. The third-order valence-corrected chi connectivity index (χ3v) is 3.45. The summed E-state index contributed by atoms with van der Waals surface area (Å²) in [5.41, 5.74) is 3.42. The zero-order valence-corrected chi connectivity index (χ0v) is 12.1. The Bertz CT molecular complexity index is 545. The van der Waals surface area contributed by atoms with Gasteiger partial charge in [0.05, 0.1) is 6.42 Å². The number of rotatable bonds is 5. The fraction of sp³-hybridized carbons (Fsp3) is 0.278. The Labute approximate surface area is 120 Å². The maximum Gasteiger partial charge on any atom is 0.224 e. The van der Waals surface area contributed by atoms with Crippen LogP contribution in [0.5, 0.6) is 0 Å². The van der Waals surface area contributed by atoms with Crippen LogP contribution in [0.25, 0.3) is 11.1 Å². The number of amides is 1. The average Bonchev–Trinajstić information content (AvgIpc) is 2.48. The van der Waals surface area contributed by atoms with Crippen molar-refractivity contribution in [3.63, 3.8) is 0 Å². The van der Waals surface area contributed by atoms with Crippen LogP contribution in [0.3, 0.4) is 0 Å². The van der Waals surface area contributed by atoms with Crippen LogP contribution in [0.15, 0.2) is 54.6 Å². The molecule has 1 amide bonds. The molecule has 1 N–H and O–H groups in total. The Morgan fingerprint density at radius 1 is 1.00 bits per heavy atom. The minimum atomic E-state index is 0.0896. The van der Waals surface area contributed by atoms with Crippen LogP contribution in [0.2, 0.25) is 0 Å². The lowest BCUT2D eigenvalue weighted by molar-refractivity contribution is -0.121. The number of hydrogen-bond donors (Lipinski definition) is 1. The van der Waals surface area contributed by atoms with Crippen molar-refractivity contribution in [2.24, 2.45) is 0 Å². The molecule has 20 heavy (non-hydrogen) atoms. The van der Waals surface area contributed by atoms with Gasteiger partial charge in [0.25, 0.3) is 0 Å². The first-order valence-electron chi connectivity index (χ1n) is 7.12. The molecule has 2 aromatic rings. The van der Waals surface area contributed by atoms with E-state index in [1.54, 1.807) is 0 Å². The van der Waals surface area contributed by atoms with Crippen LogP contribution in [-0.2, 0) is 11.2 Å². The lowest BCUT2D eigenvalue weighted by Crippen LogP contribution is -2.33. The van der Waals surface area contributed by atoms with Crippen molar-refractivity contribution in [3.8, 4) is 11.1 Å². The number of carbonyl (C=O) groups is 1. The topological polar surface area (TPSA) is 29.1 Å². The molecule has 0 aromatic heterocycles. The van der Waals surface area contributed by atoms with Gasteiger partial charge in [-0.05, 0) is 30.0 Å². The first kappa shape index (κ1) is 14.3. The van der Waals surface area contributed by atoms with E-state index < -0.39 is 0 Å². The smallest absolute Gasteiger partial charge is 0.224 e. The molecule has 0 bridgehead atoms. The van der Waals surface area contributed by atoms with Crippen molar-refractivity contribution in [1.29, 1.82) is 0 Å². The monoisotopic (exact) mass is 267 g/mol. The molecule has 0 saturated heterocycles. The molecule has 2 heteroatoms. The highest BCUT2D eigenvalue weighted by Gasteiger charge is 2.06. The van der Waals surface area contributed by atoms with Crippen molar-refractivity contribution in [1.82, 2.24) is 5.32 Å². The molecule has 0 heterocycles. The second kappa shape index (κ2) is 6.90. The Morgan fingerprint density at radius 2 is 1.60 bits per heavy atom. The van der Waals surface area contributed by atoms with Gasteiger partial charge < -0.3 is 5.32 Å². The standard InChI is InChI=1S/C18H21NO/c1-3-14(2)19-18(20)13-15-9-11-17(12-10-15)16-7-5-4-6-8-16/h4-12,14H,3,13H2,1-2H3,(H,19,20)/t14-/m1/s1. The second-order valence-corrected chi connectivity index (χ2v) is 5.12. The summed E-state index contributed by atoms with van der Waals surface area (Å²) in [4.78, 5) is 11.8. The number of carbonyl (C=O) groups excluding carboxylic acids is 1. The van der Waals surface area contributed by atoms with Crippen LogP contribution in [0.1, 0.15) is 25.8 Å². The molecule has 0 fully saturated rings. The fourth-order valence-corrected chi connectivity index (χ4v) is 2.06. The lowest BCUT2D eigenvalue weighted by Gasteiger charge is -2.11. The van der Waals surface area contributed by atoms with Gasteiger partial charge in [-0.3, -0.25) is 4.79 Å². The van der Waals surface area contributed by atoms with E-state index in [1.807, 2.05) is 37.3 Å². The van der Waals surface area contributed by atoms with Crippen molar-refractivity contribution < 1.29 is 4.79 Å². The zero-order valence-electron chi connectivity index (χ0n) is 12.1. The SMILES string of the molecule is CC[C@@H](C)NC(=O)Cc1ccc(-c2ccccc2)cc1.